The molecule has 0 bridgehead atoms. The third-order valence-corrected chi connectivity index (χ3v) is 1.41. The molecular formula is C9H12N2. The van der Waals surface area contributed by atoms with Crippen LogP contribution >= 0.6 is 0 Å². The van der Waals surface area contributed by atoms with Gasteiger partial charge in [-0.1, -0.05) is 23.8 Å². The molecule has 0 fully saturated rings. The number of nitrogens with zero attached hydrogens (tertiary/aromatic N) is 2. The van der Waals surface area contributed by atoms with Crippen LogP contribution in [0.25, 0.3) is 0 Å². The zero-order valence-corrected chi connectivity index (χ0v) is 6.86. The first-order valence-electron chi connectivity index (χ1n) is 3.70. The summed E-state index contributed by atoms with van der Waals surface area (Å²) in [6.07, 6.45) is 9.84. The first-order valence-corrected chi connectivity index (χ1v) is 3.70. The highest BCUT2D eigenvalue weighted by molar-refractivity contribution is 5.21. The van der Waals surface area contributed by atoms with Gasteiger partial charge in [0.25, 0.3) is 0 Å². The van der Waals surface area contributed by atoms with Crippen molar-refractivity contribution in [2.75, 3.05) is 0 Å². The van der Waals surface area contributed by atoms with Gasteiger partial charge in [-0.2, -0.15) is 10.2 Å². The van der Waals surface area contributed by atoms with Gasteiger partial charge in [-0.15, -0.1) is 0 Å². The lowest BCUT2D eigenvalue weighted by molar-refractivity contribution is 0.971. The Bertz CT molecular complexity index is 222. The number of hydrogen-bond acceptors (Lipinski definition) is 2. The van der Waals surface area contributed by atoms with E-state index < -0.39 is 0 Å². The lowest BCUT2D eigenvalue weighted by Gasteiger charge is -1.94. The van der Waals surface area contributed by atoms with Gasteiger partial charge in [-0.3, -0.25) is 0 Å². The third kappa shape index (κ3) is 2.50. The molecule has 0 saturated carbocycles. The summed E-state index contributed by atoms with van der Waals surface area (Å²) in [6, 6.07) is 0.159. The van der Waals surface area contributed by atoms with Crippen LogP contribution in [0, 0.1) is 0 Å². The van der Waals surface area contributed by atoms with Crippen LogP contribution in [-0.2, 0) is 0 Å². The van der Waals surface area contributed by atoms with E-state index in [1.165, 1.54) is 5.57 Å². The second kappa shape index (κ2) is 3.86. The van der Waals surface area contributed by atoms with Crippen molar-refractivity contribution in [2.24, 2.45) is 10.2 Å². The molecule has 2 nitrogen and oxygen atoms in total. The predicted octanol–water partition coefficient (Wildman–Crippen LogP) is 2.86. The molecule has 1 unspecified atom stereocenters. The van der Waals surface area contributed by atoms with E-state index in [1.54, 1.807) is 6.20 Å². The van der Waals surface area contributed by atoms with E-state index in [2.05, 4.69) is 29.3 Å². The first kappa shape index (κ1) is 7.92. The normalized spacial score (nSPS) is 23.8. The van der Waals surface area contributed by atoms with Crippen LogP contribution in [0.3, 0.4) is 0 Å². The zero-order valence-electron chi connectivity index (χ0n) is 6.86. The topological polar surface area (TPSA) is 24.7 Å². The molecule has 2 heteroatoms. The van der Waals surface area contributed by atoms with Crippen molar-refractivity contribution < 1.29 is 0 Å². The van der Waals surface area contributed by atoms with Crippen molar-refractivity contribution >= 4 is 0 Å². The maximum Gasteiger partial charge on any atom is 0.110 e. The van der Waals surface area contributed by atoms with Crippen LogP contribution in [-0.4, -0.2) is 6.04 Å². The molecule has 1 rings (SSSR count). The quantitative estimate of drug-likeness (QED) is 0.538. The number of hydrogen-bond donors (Lipinski definition) is 0. The van der Waals surface area contributed by atoms with Gasteiger partial charge >= 0.3 is 0 Å². The Morgan fingerprint density at radius 2 is 2.36 bits per heavy atom. The molecular weight excluding hydrogens is 136 g/mol. The van der Waals surface area contributed by atoms with E-state index in [0.29, 0.717) is 0 Å². The monoisotopic (exact) mass is 148 g/mol. The van der Waals surface area contributed by atoms with Crippen molar-refractivity contribution in [3.05, 3.63) is 36.1 Å². The molecule has 1 heterocycles. The number of rotatable bonds is 2. The summed E-state index contributed by atoms with van der Waals surface area (Å²) in [6.45, 7) is 4.06. The molecule has 0 radical (unpaired) electrons. The van der Waals surface area contributed by atoms with Crippen molar-refractivity contribution in [3.8, 4) is 0 Å². The summed E-state index contributed by atoms with van der Waals surface area (Å²) in [5, 5.41) is 7.72. The van der Waals surface area contributed by atoms with Crippen LogP contribution in [0.4, 0.5) is 0 Å². The van der Waals surface area contributed by atoms with Crippen LogP contribution in [0.15, 0.2) is 46.3 Å². The largest absolute Gasteiger partial charge is 0.177 e. The molecule has 0 aromatic heterocycles. The SMILES string of the molecule is C/C=C\C(C)=C/C1C=CN=N1. The highest BCUT2D eigenvalue weighted by Gasteiger charge is 2.00. The highest BCUT2D eigenvalue weighted by Crippen LogP contribution is 2.08. The fourth-order valence-corrected chi connectivity index (χ4v) is 0.957. The third-order valence-electron chi connectivity index (χ3n) is 1.41. The first-order chi connectivity index (χ1) is 5.33. The van der Waals surface area contributed by atoms with Gasteiger partial charge in [0, 0.05) is 6.20 Å². The molecule has 58 valence electrons. The summed E-state index contributed by atoms with van der Waals surface area (Å²) in [5.74, 6) is 0. The molecule has 0 amide bonds. The maximum atomic E-state index is 3.96. The van der Waals surface area contributed by atoms with Crippen LogP contribution in [0.5, 0.6) is 0 Å². The van der Waals surface area contributed by atoms with Gasteiger partial charge in [-0.25, -0.2) is 0 Å². The second-order valence-electron chi connectivity index (χ2n) is 2.47. The van der Waals surface area contributed by atoms with Crippen LogP contribution in [0.1, 0.15) is 13.8 Å². The van der Waals surface area contributed by atoms with Gasteiger partial charge in [0.1, 0.15) is 6.04 Å². The van der Waals surface area contributed by atoms with E-state index >= 15 is 0 Å². The molecule has 0 spiro atoms. The molecule has 11 heavy (non-hydrogen) atoms. The second-order valence-corrected chi connectivity index (χ2v) is 2.47. The Morgan fingerprint density at radius 3 is 2.91 bits per heavy atom. The molecule has 0 saturated heterocycles. The summed E-state index contributed by atoms with van der Waals surface area (Å²) in [5.41, 5.74) is 1.23. The molecule has 0 aromatic rings. The summed E-state index contributed by atoms with van der Waals surface area (Å²) in [4.78, 5) is 0. The van der Waals surface area contributed by atoms with Gasteiger partial charge in [0.05, 0.1) is 0 Å². The van der Waals surface area contributed by atoms with E-state index in [0.717, 1.165) is 0 Å². The molecule has 0 N–H and O–H groups in total. The minimum Gasteiger partial charge on any atom is -0.177 e. The molecule has 1 aliphatic rings. The summed E-state index contributed by atoms with van der Waals surface area (Å²) < 4.78 is 0. The van der Waals surface area contributed by atoms with Gasteiger partial charge in [0.2, 0.25) is 0 Å². The maximum absolute atomic E-state index is 3.96. The van der Waals surface area contributed by atoms with Gasteiger partial charge in [-0.05, 0) is 19.9 Å². The van der Waals surface area contributed by atoms with Crippen molar-refractivity contribution in [1.82, 2.24) is 0 Å². The number of allylic oxidation sites excluding steroid dienone is 3. The van der Waals surface area contributed by atoms with Crippen molar-refractivity contribution in [3.63, 3.8) is 0 Å². The zero-order chi connectivity index (χ0) is 8.10. The Hall–Kier alpha value is -1.18. The Morgan fingerprint density at radius 1 is 1.55 bits per heavy atom. The average molecular weight is 148 g/mol. The fourth-order valence-electron chi connectivity index (χ4n) is 0.957. The fraction of sp³-hybridized carbons (Fsp3) is 0.333. The molecule has 1 atom stereocenters. The van der Waals surface area contributed by atoms with Crippen molar-refractivity contribution in [1.29, 1.82) is 0 Å². The average Bonchev–Trinajstić information content (AvgIpc) is 2.40. The smallest absolute Gasteiger partial charge is 0.110 e. The van der Waals surface area contributed by atoms with Crippen LogP contribution < -0.4 is 0 Å². The van der Waals surface area contributed by atoms with E-state index in [-0.39, 0.29) is 6.04 Å². The van der Waals surface area contributed by atoms with E-state index in [4.69, 9.17) is 0 Å². The molecule has 0 aliphatic carbocycles. The van der Waals surface area contributed by atoms with Gasteiger partial charge in [0.15, 0.2) is 0 Å². The Balaban J connectivity index is 2.57. The van der Waals surface area contributed by atoms with Crippen molar-refractivity contribution in [2.45, 2.75) is 19.9 Å². The molecule has 0 aromatic carbocycles. The lowest BCUT2D eigenvalue weighted by atomic mass is 10.2. The number of azo groups is 1. The minimum atomic E-state index is 0.159. The predicted molar refractivity (Wildman–Crippen MR) is 46.4 cm³/mol. The highest BCUT2D eigenvalue weighted by atomic mass is 15.1. The Labute approximate surface area is 67.0 Å². The van der Waals surface area contributed by atoms with E-state index in [1.807, 2.05) is 19.1 Å². The van der Waals surface area contributed by atoms with E-state index in [9.17, 15) is 0 Å². The van der Waals surface area contributed by atoms with Gasteiger partial charge < -0.3 is 0 Å². The van der Waals surface area contributed by atoms with Crippen LogP contribution in [0.2, 0.25) is 0 Å². The Kier molecular flexibility index (Phi) is 2.78. The summed E-state index contributed by atoms with van der Waals surface area (Å²) >= 11 is 0. The standard InChI is InChI=1S/C9H12N2/c1-3-4-8(2)7-9-5-6-10-11-9/h3-7,9H,1-2H3/b4-3-,8-7-. The lowest BCUT2D eigenvalue weighted by Crippen LogP contribution is -1.90. The minimum absolute atomic E-state index is 0.159. The molecule has 1 aliphatic heterocycles. The summed E-state index contributed by atoms with van der Waals surface area (Å²) in [7, 11) is 0.